The number of aromatic nitrogens is 2. The molecule has 2 aromatic rings. The van der Waals surface area contributed by atoms with Crippen molar-refractivity contribution in [3.05, 3.63) is 29.7 Å². The summed E-state index contributed by atoms with van der Waals surface area (Å²) in [6.07, 6.45) is 0. The van der Waals surface area contributed by atoms with Gasteiger partial charge in [0.05, 0.1) is 13.2 Å². The van der Waals surface area contributed by atoms with E-state index in [4.69, 9.17) is 9.15 Å². The van der Waals surface area contributed by atoms with Crippen LogP contribution in [0.5, 0.6) is 5.75 Å². The Bertz CT molecular complexity index is 568. The number of hydrogen-bond donors (Lipinski definition) is 2. The van der Waals surface area contributed by atoms with Crippen LogP contribution in [-0.4, -0.2) is 23.9 Å². The third-order valence-corrected chi connectivity index (χ3v) is 3.00. The van der Waals surface area contributed by atoms with E-state index in [-0.39, 0.29) is 6.04 Å². The zero-order valence-electron chi connectivity index (χ0n) is 12.2. The summed E-state index contributed by atoms with van der Waals surface area (Å²) in [6, 6.07) is 6.18. The van der Waals surface area contributed by atoms with Crippen molar-refractivity contribution in [2.24, 2.45) is 0 Å². The normalized spacial score (nSPS) is 12.2. The van der Waals surface area contributed by atoms with E-state index >= 15 is 0 Å². The fourth-order valence-corrected chi connectivity index (χ4v) is 1.87. The van der Waals surface area contributed by atoms with E-state index in [0.717, 1.165) is 23.5 Å². The van der Waals surface area contributed by atoms with Crippen molar-refractivity contribution < 1.29 is 9.15 Å². The lowest BCUT2D eigenvalue weighted by Crippen LogP contribution is -2.17. The molecule has 108 valence electrons. The van der Waals surface area contributed by atoms with Crippen molar-refractivity contribution in [1.29, 1.82) is 0 Å². The molecule has 6 heteroatoms. The van der Waals surface area contributed by atoms with Crippen LogP contribution in [0.25, 0.3) is 0 Å². The first-order valence-electron chi connectivity index (χ1n) is 6.62. The van der Waals surface area contributed by atoms with Crippen LogP contribution >= 0.6 is 0 Å². The van der Waals surface area contributed by atoms with Gasteiger partial charge in [0.25, 0.3) is 0 Å². The summed E-state index contributed by atoms with van der Waals surface area (Å²) in [5.74, 6) is 1.39. The Morgan fingerprint density at radius 1 is 1.35 bits per heavy atom. The first kappa shape index (κ1) is 14.3. The van der Waals surface area contributed by atoms with Gasteiger partial charge >= 0.3 is 6.01 Å². The molecule has 0 spiro atoms. The highest BCUT2D eigenvalue weighted by molar-refractivity contribution is 5.58. The molecule has 0 radical (unpaired) electrons. The van der Waals surface area contributed by atoms with Crippen LogP contribution in [0, 0.1) is 6.92 Å². The average Bonchev–Trinajstić information content (AvgIpc) is 2.90. The molecule has 1 unspecified atom stereocenters. The van der Waals surface area contributed by atoms with E-state index in [2.05, 4.69) is 20.8 Å². The van der Waals surface area contributed by atoms with Crippen LogP contribution in [0.4, 0.5) is 11.7 Å². The highest BCUT2D eigenvalue weighted by Crippen LogP contribution is 2.24. The minimum absolute atomic E-state index is 0.0417. The Hall–Kier alpha value is -2.08. The molecular formula is C14H20N4O2. The fourth-order valence-electron chi connectivity index (χ4n) is 1.87. The number of ether oxygens (including phenoxy) is 1. The van der Waals surface area contributed by atoms with Gasteiger partial charge in [0.15, 0.2) is 0 Å². The molecule has 0 fully saturated rings. The lowest BCUT2D eigenvalue weighted by molar-refractivity contribution is 0.414. The number of hydrogen-bond acceptors (Lipinski definition) is 6. The number of aryl methyl sites for hydroxylation is 1. The van der Waals surface area contributed by atoms with Crippen LogP contribution in [0.3, 0.4) is 0 Å². The van der Waals surface area contributed by atoms with Crippen LogP contribution in [-0.2, 0) is 0 Å². The van der Waals surface area contributed by atoms with Crippen molar-refractivity contribution >= 4 is 11.7 Å². The smallest absolute Gasteiger partial charge is 0.320 e. The zero-order chi connectivity index (χ0) is 14.5. The maximum atomic E-state index is 5.59. The van der Waals surface area contributed by atoms with E-state index < -0.39 is 0 Å². The molecule has 20 heavy (non-hydrogen) atoms. The first-order chi connectivity index (χ1) is 9.63. The second kappa shape index (κ2) is 6.38. The number of methoxy groups -OCH3 is 1. The maximum Gasteiger partial charge on any atom is 0.320 e. The summed E-state index contributed by atoms with van der Waals surface area (Å²) in [7, 11) is 1.65. The largest absolute Gasteiger partial charge is 0.497 e. The highest BCUT2D eigenvalue weighted by Gasteiger charge is 2.13. The second-order valence-corrected chi connectivity index (χ2v) is 4.53. The van der Waals surface area contributed by atoms with Crippen LogP contribution in [0.2, 0.25) is 0 Å². The molecule has 6 nitrogen and oxygen atoms in total. The topological polar surface area (TPSA) is 72.2 Å². The number of benzene rings is 1. The van der Waals surface area contributed by atoms with Gasteiger partial charge in [0.1, 0.15) is 5.75 Å². The molecule has 0 aliphatic heterocycles. The highest BCUT2D eigenvalue weighted by atomic mass is 16.5. The molecule has 0 aliphatic rings. The number of anilines is 2. The van der Waals surface area contributed by atoms with Crippen molar-refractivity contribution in [2.75, 3.05) is 19.0 Å². The minimum atomic E-state index is 0.0417. The predicted molar refractivity (Wildman–Crippen MR) is 77.4 cm³/mol. The van der Waals surface area contributed by atoms with Gasteiger partial charge in [0.2, 0.25) is 5.89 Å². The molecule has 0 amide bonds. The van der Waals surface area contributed by atoms with Gasteiger partial charge in [-0.25, -0.2) is 0 Å². The van der Waals surface area contributed by atoms with Gasteiger partial charge in [-0.05, 0) is 44.2 Å². The molecule has 1 atom stereocenters. The van der Waals surface area contributed by atoms with E-state index in [1.165, 1.54) is 0 Å². The van der Waals surface area contributed by atoms with Gasteiger partial charge < -0.3 is 19.8 Å². The third kappa shape index (κ3) is 3.27. The molecule has 1 heterocycles. The number of rotatable bonds is 6. The molecule has 0 aliphatic carbocycles. The van der Waals surface area contributed by atoms with Crippen molar-refractivity contribution in [3.63, 3.8) is 0 Å². The maximum absolute atomic E-state index is 5.59. The van der Waals surface area contributed by atoms with E-state index in [1.807, 2.05) is 39.0 Å². The molecule has 1 aromatic heterocycles. The Morgan fingerprint density at radius 2 is 2.15 bits per heavy atom. The molecule has 0 saturated heterocycles. The van der Waals surface area contributed by atoms with E-state index in [9.17, 15) is 0 Å². The number of nitrogens with one attached hydrogen (secondary N) is 2. The molecule has 2 N–H and O–H groups in total. The van der Waals surface area contributed by atoms with Gasteiger partial charge in [-0.2, -0.15) is 0 Å². The van der Waals surface area contributed by atoms with Crippen molar-refractivity contribution in [1.82, 2.24) is 15.5 Å². The van der Waals surface area contributed by atoms with Crippen molar-refractivity contribution in [2.45, 2.75) is 26.8 Å². The summed E-state index contributed by atoms with van der Waals surface area (Å²) < 4.78 is 10.8. The Kier molecular flexibility index (Phi) is 4.57. The zero-order valence-corrected chi connectivity index (χ0v) is 12.2. The summed E-state index contributed by atoms with van der Waals surface area (Å²) in [5, 5.41) is 14.4. The molecule has 1 aromatic carbocycles. The lowest BCUT2D eigenvalue weighted by Gasteiger charge is -2.08. The van der Waals surface area contributed by atoms with Gasteiger partial charge in [-0.3, -0.25) is 0 Å². The standard InChI is InChI=1S/C14H20N4O2/c1-5-15-10(3)13-17-18-14(20-13)16-12-7-6-11(19-4)8-9(12)2/h6-8,10,15H,5H2,1-4H3,(H,16,18). The summed E-state index contributed by atoms with van der Waals surface area (Å²) in [5.41, 5.74) is 1.96. The monoisotopic (exact) mass is 276 g/mol. The number of nitrogens with zero attached hydrogens (tertiary/aromatic N) is 2. The van der Waals surface area contributed by atoms with Gasteiger partial charge in [0, 0.05) is 5.69 Å². The van der Waals surface area contributed by atoms with Crippen LogP contribution < -0.4 is 15.4 Å². The first-order valence-corrected chi connectivity index (χ1v) is 6.62. The summed E-state index contributed by atoms with van der Waals surface area (Å²) in [4.78, 5) is 0. The SMILES string of the molecule is CCNC(C)c1nnc(Nc2ccc(OC)cc2C)o1. The molecule has 0 saturated carbocycles. The molecule has 0 bridgehead atoms. The summed E-state index contributed by atoms with van der Waals surface area (Å²) in [6.45, 7) is 6.86. The second-order valence-electron chi connectivity index (χ2n) is 4.53. The average molecular weight is 276 g/mol. The van der Waals surface area contributed by atoms with Crippen molar-refractivity contribution in [3.8, 4) is 5.75 Å². The Balaban J connectivity index is 2.10. The Morgan fingerprint density at radius 3 is 2.80 bits per heavy atom. The van der Waals surface area contributed by atoms with E-state index in [0.29, 0.717) is 11.9 Å². The molecule has 2 rings (SSSR count). The lowest BCUT2D eigenvalue weighted by atomic mass is 10.2. The predicted octanol–water partition coefficient (Wildman–Crippen LogP) is 2.80. The van der Waals surface area contributed by atoms with Gasteiger partial charge in [-0.15, -0.1) is 5.10 Å². The summed E-state index contributed by atoms with van der Waals surface area (Å²) >= 11 is 0. The van der Waals surface area contributed by atoms with Crippen LogP contribution in [0.15, 0.2) is 22.6 Å². The van der Waals surface area contributed by atoms with Crippen LogP contribution in [0.1, 0.15) is 31.3 Å². The van der Waals surface area contributed by atoms with E-state index in [1.54, 1.807) is 7.11 Å². The molecular weight excluding hydrogens is 256 g/mol. The quantitative estimate of drug-likeness (QED) is 0.845. The Labute approximate surface area is 118 Å². The fraction of sp³-hybridized carbons (Fsp3) is 0.429. The third-order valence-electron chi connectivity index (χ3n) is 3.00. The minimum Gasteiger partial charge on any atom is -0.497 e. The van der Waals surface area contributed by atoms with Gasteiger partial charge in [-0.1, -0.05) is 12.0 Å².